The molecule has 23 heavy (non-hydrogen) atoms. The van der Waals surface area contributed by atoms with Crippen LogP contribution in [-0.4, -0.2) is 53.2 Å². The molecule has 1 saturated heterocycles. The first-order chi connectivity index (χ1) is 11.0. The number of amides is 2. The van der Waals surface area contributed by atoms with Crippen LogP contribution in [0.5, 0.6) is 0 Å². The molecule has 1 aromatic rings. The van der Waals surface area contributed by atoms with Gasteiger partial charge in [0.2, 0.25) is 0 Å². The summed E-state index contributed by atoms with van der Waals surface area (Å²) in [4.78, 5) is 18.2. The predicted molar refractivity (Wildman–Crippen MR) is 90.0 cm³/mol. The molecule has 6 heteroatoms. The Hall–Kier alpha value is -1.66. The van der Waals surface area contributed by atoms with Gasteiger partial charge in [-0.1, -0.05) is 6.92 Å². The van der Waals surface area contributed by atoms with Gasteiger partial charge < -0.3 is 20.6 Å². The van der Waals surface area contributed by atoms with Gasteiger partial charge in [0.25, 0.3) is 0 Å². The van der Waals surface area contributed by atoms with Gasteiger partial charge >= 0.3 is 6.03 Å². The minimum absolute atomic E-state index is 0.0818. The van der Waals surface area contributed by atoms with Gasteiger partial charge in [0.1, 0.15) is 0 Å². The Kier molecular flexibility index (Phi) is 6.80. The summed E-state index contributed by atoms with van der Waals surface area (Å²) in [7, 11) is 0. The van der Waals surface area contributed by atoms with Gasteiger partial charge in [-0.05, 0) is 49.9 Å². The number of nitrogens with zero attached hydrogens (tertiary/aromatic N) is 2. The van der Waals surface area contributed by atoms with Crippen molar-refractivity contribution in [3.8, 4) is 0 Å². The van der Waals surface area contributed by atoms with E-state index in [-0.39, 0.29) is 18.6 Å². The number of pyridine rings is 1. The molecule has 2 heterocycles. The Morgan fingerprint density at radius 1 is 1.48 bits per heavy atom. The first-order valence-corrected chi connectivity index (χ1v) is 8.39. The highest BCUT2D eigenvalue weighted by Crippen LogP contribution is 2.15. The molecular weight excluding hydrogens is 292 g/mol. The zero-order valence-electron chi connectivity index (χ0n) is 14.0. The number of urea groups is 1. The lowest BCUT2D eigenvalue weighted by atomic mass is 10.00. The fraction of sp³-hybridized carbons (Fsp3) is 0.647. The molecule has 0 saturated carbocycles. The van der Waals surface area contributed by atoms with E-state index in [1.807, 2.05) is 6.92 Å². The zero-order valence-corrected chi connectivity index (χ0v) is 14.0. The highest BCUT2D eigenvalue weighted by atomic mass is 16.3. The molecule has 128 valence electrons. The molecule has 0 aliphatic carbocycles. The second-order valence-corrected chi connectivity index (χ2v) is 6.56. The van der Waals surface area contributed by atoms with Crippen molar-refractivity contribution in [3.05, 3.63) is 30.1 Å². The summed E-state index contributed by atoms with van der Waals surface area (Å²) >= 11 is 0. The van der Waals surface area contributed by atoms with Gasteiger partial charge in [0.05, 0.1) is 6.10 Å². The Morgan fingerprint density at radius 2 is 2.22 bits per heavy atom. The topological polar surface area (TPSA) is 77.5 Å². The lowest BCUT2D eigenvalue weighted by Crippen LogP contribution is -2.48. The largest absolute Gasteiger partial charge is 0.387 e. The van der Waals surface area contributed by atoms with Gasteiger partial charge in [0, 0.05) is 38.1 Å². The van der Waals surface area contributed by atoms with Crippen LogP contribution in [0.4, 0.5) is 4.79 Å². The standard InChI is InChI=1S/C17H28N4O2/c1-13-4-3-9-21(11-13)12-14(2)20-17(23)19-10-16(22)15-5-7-18-8-6-15/h5-8,13-14,16,22H,3-4,9-12H2,1-2H3,(H2,19,20,23). The van der Waals surface area contributed by atoms with Crippen LogP contribution in [0.2, 0.25) is 0 Å². The molecule has 0 radical (unpaired) electrons. The number of aliphatic hydroxyl groups is 1. The number of carbonyl (C=O) groups excluding carboxylic acids is 1. The number of piperidine rings is 1. The van der Waals surface area contributed by atoms with E-state index in [0.717, 1.165) is 31.1 Å². The minimum Gasteiger partial charge on any atom is -0.387 e. The van der Waals surface area contributed by atoms with E-state index >= 15 is 0 Å². The first kappa shape index (κ1) is 17.7. The molecule has 1 fully saturated rings. The van der Waals surface area contributed by atoms with E-state index in [0.29, 0.717) is 0 Å². The molecule has 6 nitrogen and oxygen atoms in total. The van der Waals surface area contributed by atoms with Crippen molar-refractivity contribution >= 4 is 6.03 Å². The lowest BCUT2D eigenvalue weighted by molar-refractivity contribution is 0.163. The van der Waals surface area contributed by atoms with Crippen LogP contribution in [0.25, 0.3) is 0 Å². The maximum Gasteiger partial charge on any atom is 0.315 e. The molecule has 0 spiro atoms. The number of hydrogen-bond acceptors (Lipinski definition) is 4. The van der Waals surface area contributed by atoms with Crippen molar-refractivity contribution in [1.82, 2.24) is 20.5 Å². The van der Waals surface area contributed by atoms with Crippen molar-refractivity contribution in [1.29, 1.82) is 0 Å². The van der Waals surface area contributed by atoms with Crippen molar-refractivity contribution in [2.45, 2.75) is 38.8 Å². The Morgan fingerprint density at radius 3 is 2.91 bits per heavy atom. The highest BCUT2D eigenvalue weighted by molar-refractivity contribution is 5.74. The molecule has 1 aliphatic rings. The number of nitrogens with one attached hydrogen (secondary N) is 2. The molecule has 3 atom stereocenters. The van der Waals surface area contributed by atoms with E-state index in [4.69, 9.17) is 0 Å². The van der Waals surface area contributed by atoms with Gasteiger partial charge in [-0.25, -0.2) is 4.79 Å². The first-order valence-electron chi connectivity index (χ1n) is 8.39. The normalized spacial score (nSPS) is 21.4. The lowest BCUT2D eigenvalue weighted by Gasteiger charge is -2.32. The third-order valence-electron chi connectivity index (χ3n) is 4.20. The maximum absolute atomic E-state index is 11.9. The minimum atomic E-state index is -0.720. The quantitative estimate of drug-likeness (QED) is 0.743. The van der Waals surface area contributed by atoms with Crippen LogP contribution in [0.1, 0.15) is 38.4 Å². The fourth-order valence-electron chi connectivity index (χ4n) is 3.05. The Balaban J connectivity index is 1.67. The highest BCUT2D eigenvalue weighted by Gasteiger charge is 2.19. The molecular formula is C17H28N4O2. The molecule has 2 amide bonds. The second kappa shape index (κ2) is 8.84. The van der Waals surface area contributed by atoms with E-state index in [1.165, 1.54) is 12.8 Å². The molecule has 3 N–H and O–H groups in total. The molecule has 1 aromatic heterocycles. The summed E-state index contributed by atoms with van der Waals surface area (Å²) < 4.78 is 0. The van der Waals surface area contributed by atoms with Crippen LogP contribution in [-0.2, 0) is 0 Å². The number of hydrogen-bond donors (Lipinski definition) is 3. The average molecular weight is 320 g/mol. The number of carbonyl (C=O) groups is 1. The zero-order chi connectivity index (χ0) is 16.7. The number of likely N-dealkylation sites (tertiary alicyclic amines) is 1. The van der Waals surface area contributed by atoms with Gasteiger partial charge in [0.15, 0.2) is 0 Å². The SMILES string of the molecule is CC1CCCN(CC(C)NC(=O)NCC(O)c2ccncc2)C1. The van der Waals surface area contributed by atoms with Gasteiger partial charge in [-0.2, -0.15) is 0 Å². The third kappa shape index (κ3) is 6.15. The third-order valence-corrected chi connectivity index (χ3v) is 4.20. The monoisotopic (exact) mass is 320 g/mol. The van der Waals surface area contributed by atoms with Gasteiger partial charge in [-0.15, -0.1) is 0 Å². The number of aliphatic hydroxyl groups excluding tert-OH is 1. The summed E-state index contributed by atoms with van der Waals surface area (Å²) in [5.41, 5.74) is 0.746. The smallest absolute Gasteiger partial charge is 0.315 e. The molecule has 1 aliphatic heterocycles. The van der Waals surface area contributed by atoms with E-state index in [2.05, 4.69) is 27.4 Å². The van der Waals surface area contributed by atoms with Crippen LogP contribution in [0.15, 0.2) is 24.5 Å². The second-order valence-electron chi connectivity index (χ2n) is 6.56. The molecule has 3 unspecified atom stereocenters. The average Bonchev–Trinajstić information content (AvgIpc) is 2.53. The summed E-state index contributed by atoms with van der Waals surface area (Å²) in [6.45, 7) is 7.55. The van der Waals surface area contributed by atoms with Crippen LogP contribution in [0, 0.1) is 5.92 Å². The fourth-order valence-corrected chi connectivity index (χ4v) is 3.05. The Labute approximate surface area is 138 Å². The molecule has 0 aromatic carbocycles. The Bertz CT molecular complexity index is 483. The molecule has 0 bridgehead atoms. The van der Waals surface area contributed by atoms with Crippen molar-refractivity contribution in [2.24, 2.45) is 5.92 Å². The van der Waals surface area contributed by atoms with Gasteiger partial charge in [-0.3, -0.25) is 4.98 Å². The summed E-state index contributed by atoms with van der Waals surface area (Å²) in [5.74, 6) is 0.736. The van der Waals surface area contributed by atoms with E-state index in [1.54, 1.807) is 24.5 Å². The van der Waals surface area contributed by atoms with E-state index < -0.39 is 6.10 Å². The molecule has 2 rings (SSSR count). The number of rotatable bonds is 6. The maximum atomic E-state index is 11.9. The summed E-state index contributed by atoms with van der Waals surface area (Å²) in [6.07, 6.45) is 5.06. The summed E-state index contributed by atoms with van der Waals surface area (Å²) in [5, 5.41) is 15.7. The van der Waals surface area contributed by atoms with Crippen molar-refractivity contribution in [2.75, 3.05) is 26.2 Å². The summed E-state index contributed by atoms with van der Waals surface area (Å²) in [6, 6.07) is 3.32. The van der Waals surface area contributed by atoms with Crippen LogP contribution in [0.3, 0.4) is 0 Å². The van der Waals surface area contributed by atoms with Crippen LogP contribution < -0.4 is 10.6 Å². The van der Waals surface area contributed by atoms with E-state index in [9.17, 15) is 9.90 Å². The van der Waals surface area contributed by atoms with Crippen LogP contribution >= 0.6 is 0 Å². The van der Waals surface area contributed by atoms with Crippen molar-refractivity contribution < 1.29 is 9.90 Å². The number of aromatic nitrogens is 1. The predicted octanol–water partition coefficient (Wildman–Crippen LogP) is 1.53. The van der Waals surface area contributed by atoms with Crippen molar-refractivity contribution in [3.63, 3.8) is 0 Å².